The van der Waals surface area contributed by atoms with Crippen LogP contribution >= 0.6 is 0 Å². The molecule has 0 radical (unpaired) electrons. The second-order valence-corrected chi connectivity index (χ2v) is 8.58. The van der Waals surface area contributed by atoms with Crippen LogP contribution in [-0.4, -0.2) is 6.54 Å². The third-order valence-corrected chi connectivity index (χ3v) is 6.30. The molecule has 2 nitrogen and oxygen atoms in total. The summed E-state index contributed by atoms with van der Waals surface area (Å²) >= 11 is 0. The molecule has 33 heavy (non-hydrogen) atoms. The fraction of sp³-hybridized carbons (Fsp3) is 0.355. The highest BCUT2D eigenvalue weighted by Gasteiger charge is 2.11. The van der Waals surface area contributed by atoms with Crippen molar-refractivity contribution in [3.05, 3.63) is 95.1 Å². The van der Waals surface area contributed by atoms with Gasteiger partial charge in [0.05, 0.1) is 11.4 Å². The van der Waals surface area contributed by atoms with Crippen LogP contribution in [0.5, 0.6) is 0 Å². The van der Waals surface area contributed by atoms with Crippen molar-refractivity contribution in [2.75, 3.05) is 17.6 Å². The van der Waals surface area contributed by atoms with Gasteiger partial charge in [0.15, 0.2) is 0 Å². The van der Waals surface area contributed by atoms with E-state index in [-0.39, 0.29) is 0 Å². The van der Waals surface area contributed by atoms with Crippen molar-refractivity contribution >= 4 is 11.4 Å². The van der Waals surface area contributed by atoms with E-state index < -0.39 is 0 Å². The van der Waals surface area contributed by atoms with Gasteiger partial charge in [0.25, 0.3) is 0 Å². The molecule has 176 valence electrons. The molecule has 0 atom stereocenters. The zero-order valence-electron chi connectivity index (χ0n) is 21.3. The van der Waals surface area contributed by atoms with Crippen molar-refractivity contribution in [1.82, 2.24) is 0 Å². The van der Waals surface area contributed by atoms with Crippen molar-refractivity contribution in [2.45, 2.75) is 66.7 Å². The first-order valence-electron chi connectivity index (χ1n) is 12.4. The van der Waals surface area contributed by atoms with Gasteiger partial charge in [-0.15, -0.1) is 0 Å². The number of rotatable bonds is 12. The summed E-state index contributed by atoms with van der Waals surface area (Å²) in [6, 6.07) is 12.8. The number of para-hydroxylation sites is 1. The Balaban J connectivity index is 2.27. The van der Waals surface area contributed by atoms with Gasteiger partial charge in [-0.25, -0.2) is 0 Å². The molecular formula is C31H42N2. The van der Waals surface area contributed by atoms with Crippen LogP contribution < -0.4 is 11.1 Å². The fourth-order valence-electron chi connectivity index (χ4n) is 4.11. The molecule has 2 heteroatoms. The van der Waals surface area contributed by atoms with Crippen LogP contribution in [0.25, 0.3) is 11.1 Å². The molecule has 0 aromatic heterocycles. The summed E-state index contributed by atoms with van der Waals surface area (Å²) in [7, 11) is 0. The molecule has 2 aromatic rings. The highest BCUT2D eigenvalue weighted by Crippen LogP contribution is 2.35. The van der Waals surface area contributed by atoms with Gasteiger partial charge in [0, 0.05) is 12.1 Å². The molecule has 0 aliphatic rings. The van der Waals surface area contributed by atoms with Gasteiger partial charge >= 0.3 is 0 Å². The molecule has 0 saturated carbocycles. The van der Waals surface area contributed by atoms with Crippen LogP contribution in [0, 0.1) is 6.92 Å². The maximum atomic E-state index is 6.57. The lowest BCUT2D eigenvalue weighted by Gasteiger charge is -2.16. The Hall–Kier alpha value is -3.00. The number of anilines is 2. The molecule has 0 heterocycles. The summed E-state index contributed by atoms with van der Waals surface area (Å²) < 4.78 is 0. The van der Waals surface area contributed by atoms with Gasteiger partial charge < -0.3 is 11.1 Å². The molecule has 2 aromatic carbocycles. The Morgan fingerprint density at radius 2 is 1.76 bits per heavy atom. The smallest absolute Gasteiger partial charge is 0.0629 e. The van der Waals surface area contributed by atoms with Crippen molar-refractivity contribution in [2.24, 2.45) is 0 Å². The molecular weight excluding hydrogens is 400 g/mol. The maximum absolute atomic E-state index is 6.57. The summed E-state index contributed by atoms with van der Waals surface area (Å²) in [6.45, 7) is 15.9. The maximum Gasteiger partial charge on any atom is 0.0629 e. The Bertz CT molecular complexity index is 1020. The van der Waals surface area contributed by atoms with E-state index in [0.29, 0.717) is 0 Å². The first-order chi connectivity index (χ1) is 16.0. The Morgan fingerprint density at radius 3 is 2.42 bits per heavy atom. The van der Waals surface area contributed by atoms with Crippen LogP contribution in [-0.2, 0) is 6.42 Å². The number of nitrogen functional groups attached to an aromatic ring is 1. The Kier molecular flexibility index (Phi) is 10.8. The van der Waals surface area contributed by atoms with Crippen LogP contribution in [0.3, 0.4) is 0 Å². The Morgan fingerprint density at radius 1 is 1.03 bits per heavy atom. The predicted octanol–water partition coefficient (Wildman–Crippen LogP) is 8.80. The Labute approximate surface area is 202 Å². The van der Waals surface area contributed by atoms with Gasteiger partial charge in [0.2, 0.25) is 0 Å². The zero-order valence-corrected chi connectivity index (χ0v) is 21.3. The van der Waals surface area contributed by atoms with Crippen LogP contribution in [0.2, 0.25) is 0 Å². The van der Waals surface area contributed by atoms with E-state index in [9.17, 15) is 0 Å². The summed E-state index contributed by atoms with van der Waals surface area (Å²) in [6.07, 6.45) is 14.0. The quantitative estimate of drug-likeness (QED) is 0.196. The summed E-state index contributed by atoms with van der Waals surface area (Å²) in [4.78, 5) is 0. The van der Waals surface area contributed by atoms with E-state index in [1.165, 1.54) is 39.8 Å². The van der Waals surface area contributed by atoms with E-state index >= 15 is 0 Å². The van der Waals surface area contributed by atoms with Gasteiger partial charge in [-0.1, -0.05) is 88.4 Å². The minimum absolute atomic E-state index is 0.830. The second-order valence-electron chi connectivity index (χ2n) is 8.58. The molecule has 0 aliphatic carbocycles. The monoisotopic (exact) mass is 442 g/mol. The van der Waals surface area contributed by atoms with Crippen molar-refractivity contribution in [1.29, 1.82) is 0 Å². The number of benzene rings is 2. The van der Waals surface area contributed by atoms with Gasteiger partial charge in [-0.05, 0) is 79.0 Å². The van der Waals surface area contributed by atoms with E-state index in [0.717, 1.165) is 49.2 Å². The fourth-order valence-corrected chi connectivity index (χ4v) is 4.11. The third kappa shape index (κ3) is 7.25. The first-order valence-corrected chi connectivity index (χ1v) is 12.4. The standard InChI is InChI=1S/C31H42N2/c1-7-11-21-33-30-20-14-19-29(31(30)32)28-18-13-17-27(24(28)6)16-12-15-25(8-2)22-23(5)26(9-3)10-4/h9,12-15,17-20,22,33H,3,7-8,10-11,16,21,32H2,1-2,4-6H3/b15-12-,25-22+,26-23+. The minimum atomic E-state index is 0.830. The lowest BCUT2D eigenvalue weighted by molar-refractivity contribution is 0.834. The first kappa shape index (κ1) is 26.3. The van der Waals surface area contributed by atoms with Gasteiger partial charge in [-0.2, -0.15) is 0 Å². The molecule has 0 saturated heterocycles. The van der Waals surface area contributed by atoms with Crippen molar-refractivity contribution < 1.29 is 0 Å². The second kappa shape index (κ2) is 13.5. The van der Waals surface area contributed by atoms with Crippen LogP contribution in [0.15, 0.2) is 84.0 Å². The number of allylic oxidation sites excluding steroid dienone is 7. The van der Waals surface area contributed by atoms with Crippen molar-refractivity contribution in [3.8, 4) is 11.1 Å². The molecule has 0 amide bonds. The lowest BCUT2D eigenvalue weighted by atomic mass is 9.93. The minimum Gasteiger partial charge on any atom is -0.397 e. The van der Waals surface area contributed by atoms with E-state index in [1.807, 2.05) is 6.08 Å². The lowest BCUT2D eigenvalue weighted by Crippen LogP contribution is -2.05. The molecule has 0 unspecified atom stereocenters. The average Bonchev–Trinajstić information content (AvgIpc) is 2.81. The largest absolute Gasteiger partial charge is 0.397 e. The van der Waals surface area contributed by atoms with E-state index in [1.54, 1.807) is 0 Å². The summed E-state index contributed by atoms with van der Waals surface area (Å²) in [5.41, 5.74) is 17.3. The van der Waals surface area contributed by atoms with Crippen LogP contribution in [0.4, 0.5) is 11.4 Å². The average molecular weight is 443 g/mol. The van der Waals surface area contributed by atoms with E-state index in [2.05, 4.69) is 101 Å². The van der Waals surface area contributed by atoms with Crippen molar-refractivity contribution in [3.63, 3.8) is 0 Å². The molecule has 3 N–H and O–H groups in total. The highest BCUT2D eigenvalue weighted by atomic mass is 14.9. The topological polar surface area (TPSA) is 38.0 Å². The number of nitrogens with one attached hydrogen (secondary N) is 1. The molecule has 2 rings (SSSR count). The van der Waals surface area contributed by atoms with Crippen LogP contribution in [0.1, 0.15) is 64.5 Å². The number of nitrogens with two attached hydrogens (primary N) is 1. The molecule has 0 bridgehead atoms. The molecule has 0 fully saturated rings. The third-order valence-electron chi connectivity index (χ3n) is 6.30. The summed E-state index contributed by atoms with van der Waals surface area (Å²) in [5.74, 6) is 0. The predicted molar refractivity (Wildman–Crippen MR) is 149 cm³/mol. The SMILES string of the molecule is C=C\C(CC)=C(C)/C=C(/C=C\Cc1cccc(-c2cccc(NCCCC)c2N)c1C)CC. The highest BCUT2D eigenvalue weighted by molar-refractivity contribution is 5.87. The van der Waals surface area contributed by atoms with E-state index in [4.69, 9.17) is 5.73 Å². The zero-order chi connectivity index (χ0) is 24.2. The number of unbranched alkanes of at least 4 members (excludes halogenated alkanes) is 1. The molecule has 0 spiro atoms. The van der Waals surface area contributed by atoms with Gasteiger partial charge in [0.1, 0.15) is 0 Å². The molecule has 0 aliphatic heterocycles. The van der Waals surface area contributed by atoms with Gasteiger partial charge in [-0.3, -0.25) is 0 Å². The normalized spacial score (nSPS) is 12.7. The number of hydrogen-bond donors (Lipinski definition) is 2. The number of hydrogen-bond acceptors (Lipinski definition) is 2. The summed E-state index contributed by atoms with van der Waals surface area (Å²) in [5, 5.41) is 3.49.